The Balaban J connectivity index is 1.49. The first-order valence-electron chi connectivity index (χ1n) is 13.7. The number of fused-ring (bicyclic) bond motifs is 10. The number of para-hydroxylation sites is 1. The van der Waals surface area contributed by atoms with Crippen LogP contribution in [-0.2, 0) is 41.3 Å². The Morgan fingerprint density at radius 2 is 1.90 bits per heavy atom. The number of nitrogens with one attached hydrogen (secondary N) is 1. The summed E-state index contributed by atoms with van der Waals surface area (Å²) in [6, 6.07) is 5.85. The number of anilines is 1. The molecule has 0 saturated heterocycles. The van der Waals surface area contributed by atoms with Gasteiger partial charge in [0.05, 0.1) is 38.8 Å². The maximum Gasteiger partial charge on any atom is 0.419 e. The molecule has 218 valence electrons. The third-order valence-electron chi connectivity index (χ3n) is 9.09. The molecule has 7 rings (SSSR count). The highest BCUT2D eigenvalue weighted by Crippen LogP contribution is 2.62. The summed E-state index contributed by atoms with van der Waals surface area (Å²) in [5, 5.41) is 5.53. The van der Waals surface area contributed by atoms with Crippen LogP contribution in [0.2, 0.25) is 5.02 Å². The zero-order valence-electron chi connectivity index (χ0n) is 23.3. The fraction of sp³-hybridized carbons (Fsp3) is 0.367. The minimum absolute atomic E-state index is 0.183. The molecule has 12 heteroatoms. The van der Waals surface area contributed by atoms with E-state index in [4.69, 9.17) is 21.4 Å². The first-order valence-corrected chi connectivity index (χ1v) is 14.0. The molecular weight excluding hydrogens is 572 g/mol. The fourth-order valence-corrected chi connectivity index (χ4v) is 7.29. The fourth-order valence-electron chi connectivity index (χ4n) is 6.95. The smallest absolute Gasteiger partial charge is 0.365 e. The molecule has 5 heterocycles. The van der Waals surface area contributed by atoms with Gasteiger partial charge in [0, 0.05) is 67.5 Å². The molecule has 0 radical (unpaired) electrons. The number of hydrogen-bond donors (Lipinski definition) is 1. The molecule has 0 saturated carbocycles. The van der Waals surface area contributed by atoms with Crippen LogP contribution >= 0.6 is 11.6 Å². The van der Waals surface area contributed by atoms with Crippen molar-refractivity contribution >= 4 is 23.1 Å². The highest BCUT2D eigenvalue weighted by molar-refractivity contribution is 6.32. The minimum Gasteiger partial charge on any atom is -0.365 e. The second kappa shape index (κ2) is 8.90. The van der Waals surface area contributed by atoms with E-state index in [9.17, 15) is 13.2 Å². The van der Waals surface area contributed by atoms with Gasteiger partial charge in [-0.2, -0.15) is 18.3 Å². The quantitative estimate of drug-likeness (QED) is 0.267. The first kappa shape index (κ1) is 27.2. The normalized spacial score (nSPS) is 22.8. The standard InChI is InChI=1S/C30H27ClF4N6O/c1-5-15-7-6-8-17-21-24(32)29(3,42-4)25-22(19(31)13-36-25)28(21,2)26-18-14-40(10-9-20(18)39-41(26)23(15)17)27-37-11-16(12-38-27)30(33,34)35/h6-8,11-13,36H,5,9-10,14H2,1-4H3. The highest BCUT2D eigenvalue weighted by atomic mass is 35.5. The van der Waals surface area contributed by atoms with Gasteiger partial charge < -0.3 is 14.6 Å². The number of H-pyrrole nitrogens is 1. The second-order valence-corrected chi connectivity index (χ2v) is 11.6. The largest absolute Gasteiger partial charge is 0.419 e. The molecule has 1 aromatic carbocycles. The molecule has 3 aliphatic rings. The summed E-state index contributed by atoms with van der Waals surface area (Å²) in [6.07, 6.45) is -0.0861. The van der Waals surface area contributed by atoms with Crippen molar-refractivity contribution in [2.75, 3.05) is 18.6 Å². The third-order valence-corrected chi connectivity index (χ3v) is 9.39. The van der Waals surface area contributed by atoms with E-state index in [0.29, 0.717) is 41.2 Å². The summed E-state index contributed by atoms with van der Waals surface area (Å²) < 4.78 is 64.3. The number of hydrogen-bond acceptors (Lipinski definition) is 5. The minimum atomic E-state index is -4.53. The number of benzene rings is 1. The van der Waals surface area contributed by atoms with Gasteiger partial charge in [-0.25, -0.2) is 19.0 Å². The van der Waals surface area contributed by atoms with Crippen molar-refractivity contribution < 1.29 is 22.3 Å². The molecule has 2 atom stereocenters. The van der Waals surface area contributed by atoms with Gasteiger partial charge in [0.1, 0.15) is 5.83 Å². The van der Waals surface area contributed by atoms with E-state index in [1.807, 2.05) is 41.6 Å². The number of aromatic amines is 1. The van der Waals surface area contributed by atoms with Crippen molar-refractivity contribution in [3.05, 3.63) is 92.5 Å². The Hall–Kier alpha value is -3.70. The Morgan fingerprint density at radius 1 is 1.17 bits per heavy atom. The molecule has 7 nitrogen and oxygen atoms in total. The van der Waals surface area contributed by atoms with Crippen LogP contribution in [0.25, 0.3) is 11.3 Å². The van der Waals surface area contributed by atoms with Crippen LogP contribution in [0.15, 0.2) is 42.6 Å². The van der Waals surface area contributed by atoms with E-state index < -0.39 is 28.6 Å². The molecule has 1 aliphatic carbocycles. The molecule has 1 N–H and O–H groups in total. The van der Waals surface area contributed by atoms with Gasteiger partial charge in [-0.05, 0) is 25.8 Å². The Kier molecular flexibility index (Phi) is 5.76. The number of halogens is 5. The molecule has 0 fully saturated rings. The van der Waals surface area contributed by atoms with Crippen molar-refractivity contribution in [1.82, 2.24) is 24.7 Å². The summed E-state index contributed by atoms with van der Waals surface area (Å²) in [4.78, 5) is 13.1. The van der Waals surface area contributed by atoms with E-state index in [0.717, 1.165) is 46.2 Å². The van der Waals surface area contributed by atoms with Gasteiger partial charge in [-0.3, -0.25) is 0 Å². The van der Waals surface area contributed by atoms with E-state index in [2.05, 4.69) is 15.0 Å². The highest BCUT2D eigenvalue weighted by Gasteiger charge is 2.57. The number of alkyl halides is 3. The van der Waals surface area contributed by atoms with Gasteiger partial charge in [0.2, 0.25) is 5.95 Å². The van der Waals surface area contributed by atoms with E-state index >= 15 is 4.39 Å². The summed E-state index contributed by atoms with van der Waals surface area (Å²) >= 11 is 6.89. The van der Waals surface area contributed by atoms with Crippen LogP contribution in [0.5, 0.6) is 0 Å². The predicted octanol–water partition coefficient (Wildman–Crippen LogP) is 6.66. The monoisotopic (exact) mass is 598 g/mol. The molecule has 3 aromatic heterocycles. The van der Waals surface area contributed by atoms with Crippen LogP contribution < -0.4 is 4.90 Å². The first-order chi connectivity index (χ1) is 19.9. The second-order valence-electron chi connectivity index (χ2n) is 11.2. The number of aryl methyl sites for hydroxylation is 1. The summed E-state index contributed by atoms with van der Waals surface area (Å²) in [5.74, 6) is -0.241. The third kappa shape index (κ3) is 3.40. The number of aromatic nitrogens is 5. The van der Waals surface area contributed by atoms with Crippen LogP contribution in [0, 0.1) is 0 Å². The van der Waals surface area contributed by atoms with Gasteiger partial charge in [0.25, 0.3) is 0 Å². The van der Waals surface area contributed by atoms with Crippen molar-refractivity contribution in [2.45, 2.75) is 57.3 Å². The van der Waals surface area contributed by atoms with Crippen LogP contribution in [0.3, 0.4) is 0 Å². The number of allylic oxidation sites excluding steroid dienone is 1. The number of rotatable bonds is 3. The predicted molar refractivity (Wildman–Crippen MR) is 149 cm³/mol. The van der Waals surface area contributed by atoms with Gasteiger partial charge in [-0.15, -0.1) is 0 Å². The molecule has 2 aliphatic heterocycles. The number of methoxy groups -OCH3 is 1. The van der Waals surface area contributed by atoms with Crippen molar-refractivity contribution in [3.63, 3.8) is 0 Å². The van der Waals surface area contributed by atoms with Gasteiger partial charge in [-0.1, -0.05) is 36.7 Å². The van der Waals surface area contributed by atoms with Crippen LogP contribution in [-0.4, -0.2) is 38.4 Å². The number of nitrogens with zero attached hydrogens (tertiary/aromatic N) is 5. The Morgan fingerprint density at radius 3 is 2.57 bits per heavy atom. The van der Waals surface area contributed by atoms with E-state index in [-0.39, 0.29) is 12.5 Å². The van der Waals surface area contributed by atoms with Crippen molar-refractivity contribution in [1.29, 1.82) is 0 Å². The molecule has 42 heavy (non-hydrogen) atoms. The molecule has 0 spiro atoms. The molecule has 0 bridgehead atoms. The molecule has 2 unspecified atom stereocenters. The number of ether oxygens (including phenoxy) is 1. The Bertz CT molecular complexity index is 1790. The zero-order valence-corrected chi connectivity index (χ0v) is 24.1. The average Bonchev–Trinajstić information content (AvgIpc) is 3.57. The Labute approximate surface area is 244 Å². The lowest BCUT2D eigenvalue weighted by molar-refractivity contribution is -0.138. The van der Waals surface area contributed by atoms with Crippen molar-refractivity contribution in [3.8, 4) is 5.69 Å². The van der Waals surface area contributed by atoms with Crippen molar-refractivity contribution in [2.24, 2.45) is 0 Å². The molecule has 0 amide bonds. The maximum atomic E-state index is 17.1. The van der Waals surface area contributed by atoms with Gasteiger partial charge in [0.15, 0.2) is 5.60 Å². The van der Waals surface area contributed by atoms with Crippen LogP contribution in [0.1, 0.15) is 65.7 Å². The molecular formula is C30H27ClF4N6O. The lowest BCUT2D eigenvalue weighted by atomic mass is 9.61. The summed E-state index contributed by atoms with van der Waals surface area (Å²) in [5.41, 5.74) is 3.26. The zero-order chi connectivity index (χ0) is 29.8. The van der Waals surface area contributed by atoms with Crippen LogP contribution in [0.4, 0.5) is 23.5 Å². The maximum absolute atomic E-state index is 17.1. The van der Waals surface area contributed by atoms with E-state index in [1.165, 1.54) is 7.11 Å². The topological polar surface area (TPSA) is 71.9 Å². The molecule has 4 aromatic rings. The lowest BCUT2D eigenvalue weighted by Gasteiger charge is -2.47. The summed E-state index contributed by atoms with van der Waals surface area (Å²) in [7, 11) is 1.47. The van der Waals surface area contributed by atoms with Gasteiger partial charge >= 0.3 is 6.18 Å². The SMILES string of the molecule is CCc1cccc2c1-n1nc3c(c1C1(C)C2=C(F)C(C)(OC)c2[nH]cc(Cl)c21)CN(c1ncc(C(F)(F)F)cn1)CC3. The lowest BCUT2D eigenvalue weighted by Crippen LogP contribution is -2.44. The average molecular weight is 599 g/mol. The van der Waals surface area contributed by atoms with E-state index in [1.54, 1.807) is 13.1 Å². The summed E-state index contributed by atoms with van der Waals surface area (Å²) in [6.45, 7) is 6.43.